The lowest BCUT2D eigenvalue weighted by Gasteiger charge is -2.28. The quantitative estimate of drug-likeness (QED) is 0.450. The summed E-state index contributed by atoms with van der Waals surface area (Å²) >= 11 is 0. The predicted molar refractivity (Wildman–Crippen MR) is 63.2 cm³/mol. The Hall–Kier alpha value is -1.62. The zero-order valence-electron chi connectivity index (χ0n) is 9.92. The second kappa shape index (κ2) is 6.79. The Morgan fingerprint density at radius 1 is 1.19 bits per heavy atom. The molecule has 5 nitrogen and oxygen atoms in total. The minimum absolute atomic E-state index is 1.06. The van der Waals surface area contributed by atoms with Gasteiger partial charge in [0, 0.05) is 5.56 Å². The first kappa shape index (κ1) is 14.4. The van der Waals surface area contributed by atoms with Crippen molar-refractivity contribution in [3.8, 4) is 0 Å². The van der Waals surface area contributed by atoms with Crippen LogP contribution in [0, 0.1) is 15.3 Å². The van der Waals surface area contributed by atoms with Gasteiger partial charge in [0.1, 0.15) is 6.54 Å². The highest BCUT2D eigenvalue weighted by Gasteiger charge is 2.11. The van der Waals surface area contributed by atoms with Gasteiger partial charge >= 0.3 is 0 Å². The van der Waals surface area contributed by atoms with Crippen molar-refractivity contribution >= 4 is 0 Å². The molecule has 0 heterocycles. The molecule has 0 aromatic heterocycles. The van der Waals surface area contributed by atoms with Crippen molar-refractivity contribution < 1.29 is 9.57 Å². The summed E-state index contributed by atoms with van der Waals surface area (Å²) in [4.78, 5) is 8.25. The average molecular weight is 226 g/mol. The first-order valence-corrected chi connectivity index (χ1v) is 5.05. The van der Waals surface area contributed by atoms with Crippen molar-refractivity contribution in [3.63, 3.8) is 0 Å². The molecule has 0 saturated heterocycles. The summed E-state index contributed by atoms with van der Waals surface area (Å²) in [7, 11) is 4.51. The summed E-state index contributed by atoms with van der Waals surface area (Å²) in [6.45, 7) is 4.52. The molecule has 0 aliphatic carbocycles. The van der Waals surface area contributed by atoms with Gasteiger partial charge in [-0.05, 0) is 6.92 Å². The van der Waals surface area contributed by atoms with Crippen LogP contribution in [0.4, 0.5) is 0 Å². The Morgan fingerprint density at radius 3 is 2.00 bits per heavy atom. The number of hydrogen-bond donors (Lipinski definition) is 0. The van der Waals surface area contributed by atoms with E-state index in [9.17, 15) is 0 Å². The van der Waals surface area contributed by atoms with Crippen LogP contribution >= 0.6 is 0 Å². The summed E-state index contributed by atoms with van der Waals surface area (Å²) in [6.07, 6.45) is 0. The Kier molecular flexibility index (Phi) is 6.10. The van der Waals surface area contributed by atoms with Gasteiger partial charge in [0.2, 0.25) is 0 Å². The largest absolute Gasteiger partial charge is 0.356 e. The summed E-state index contributed by atoms with van der Waals surface area (Å²) in [5.74, 6) is 0. The van der Waals surface area contributed by atoms with Crippen molar-refractivity contribution in [2.24, 2.45) is 0 Å². The second-order valence-electron chi connectivity index (χ2n) is 4.12. The molecular weight excluding hydrogens is 208 g/mol. The number of nitrogens with zero attached hydrogens (tertiary/aromatic N) is 2. The molecule has 0 N–H and O–H groups in total. The van der Waals surface area contributed by atoms with E-state index in [1.807, 2.05) is 0 Å². The molecule has 0 radical (unpaired) electrons. The molecule has 90 valence electrons. The van der Waals surface area contributed by atoms with E-state index in [1.165, 1.54) is 12.1 Å². The Labute approximate surface area is 95.6 Å². The Morgan fingerprint density at radius 2 is 1.62 bits per heavy atom. The van der Waals surface area contributed by atoms with Crippen molar-refractivity contribution in [1.82, 2.24) is 0 Å². The van der Waals surface area contributed by atoms with Crippen molar-refractivity contribution in [2.45, 2.75) is 13.5 Å². The zero-order chi connectivity index (χ0) is 12.6. The van der Waals surface area contributed by atoms with Gasteiger partial charge in [0.15, 0.2) is 0 Å². The molecule has 0 aliphatic rings. The molecular formula is C11H18N2O3. The fraction of sp³-hybridized carbons (Fsp3) is 0.455. The zero-order valence-corrected chi connectivity index (χ0v) is 9.92. The molecule has 0 bridgehead atoms. The molecule has 16 heavy (non-hydrogen) atoms. The maximum atomic E-state index is 8.25. The molecule has 0 spiro atoms. The number of hydrogen-bond acceptors (Lipinski definition) is 3. The monoisotopic (exact) mass is 226 g/mol. The normalized spacial score (nSPS) is 10.2. The van der Waals surface area contributed by atoms with Gasteiger partial charge in [-0.1, -0.05) is 30.3 Å². The van der Waals surface area contributed by atoms with E-state index < -0.39 is 5.09 Å². The highest BCUT2D eigenvalue weighted by Crippen LogP contribution is 2.07. The molecule has 0 atom stereocenters. The number of quaternary nitrogens is 1. The SMILES string of the molecule is CC[N+](C)(C)Cc1ccccc1.O=[N+]([O-])[O-]. The number of rotatable bonds is 3. The molecule has 0 amide bonds. The summed E-state index contributed by atoms with van der Waals surface area (Å²) in [5, 5.41) is 14.8. The van der Waals surface area contributed by atoms with Gasteiger partial charge in [0.25, 0.3) is 0 Å². The molecule has 5 heteroatoms. The van der Waals surface area contributed by atoms with E-state index >= 15 is 0 Å². The minimum atomic E-state index is -1.75. The van der Waals surface area contributed by atoms with Crippen LogP contribution in [0.2, 0.25) is 0 Å². The summed E-state index contributed by atoms with van der Waals surface area (Å²) in [5.41, 5.74) is 1.42. The smallest absolute Gasteiger partial charge is 0.104 e. The van der Waals surface area contributed by atoms with Crippen LogP contribution in [-0.2, 0) is 6.54 Å². The molecule has 0 saturated carbocycles. The van der Waals surface area contributed by atoms with Crippen LogP contribution in [-0.4, -0.2) is 30.2 Å². The third kappa shape index (κ3) is 7.75. The molecule has 0 unspecified atom stereocenters. The highest BCUT2D eigenvalue weighted by molar-refractivity contribution is 5.13. The number of benzene rings is 1. The molecule has 1 aromatic rings. The van der Waals surface area contributed by atoms with E-state index in [-0.39, 0.29) is 0 Å². The van der Waals surface area contributed by atoms with Crippen molar-refractivity contribution in [2.75, 3.05) is 20.6 Å². The van der Waals surface area contributed by atoms with Crippen LogP contribution in [0.5, 0.6) is 0 Å². The van der Waals surface area contributed by atoms with Crippen LogP contribution in [0.15, 0.2) is 30.3 Å². The first-order chi connectivity index (χ1) is 7.37. The second-order valence-corrected chi connectivity index (χ2v) is 4.12. The molecule has 1 rings (SSSR count). The van der Waals surface area contributed by atoms with Crippen LogP contribution in [0.25, 0.3) is 0 Å². The van der Waals surface area contributed by atoms with Crippen molar-refractivity contribution in [3.05, 3.63) is 51.2 Å². The van der Waals surface area contributed by atoms with Gasteiger partial charge in [-0.25, -0.2) is 0 Å². The van der Waals surface area contributed by atoms with Gasteiger partial charge in [0.05, 0.1) is 25.7 Å². The highest BCUT2D eigenvalue weighted by atomic mass is 16.9. The topological polar surface area (TPSA) is 66.2 Å². The lowest BCUT2D eigenvalue weighted by Crippen LogP contribution is -2.38. The average Bonchev–Trinajstić information content (AvgIpc) is 2.18. The van der Waals surface area contributed by atoms with E-state index in [0.717, 1.165) is 11.0 Å². The Bertz CT molecular complexity index is 308. The van der Waals surface area contributed by atoms with Gasteiger partial charge in [-0.2, -0.15) is 0 Å². The van der Waals surface area contributed by atoms with Gasteiger partial charge < -0.3 is 19.8 Å². The van der Waals surface area contributed by atoms with E-state index in [1.54, 1.807) is 0 Å². The van der Waals surface area contributed by atoms with Crippen LogP contribution in [0.3, 0.4) is 0 Å². The first-order valence-electron chi connectivity index (χ1n) is 5.05. The summed E-state index contributed by atoms with van der Waals surface area (Å²) < 4.78 is 1.06. The third-order valence-corrected chi connectivity index (χ3v) is 2.31. The third-order valence-electron chi connectivity index (χ3n) is 2.31. The van der Waals surface area contributed by atoms with E-state index in [4.69, 9.17) is 15.3 Å². The standard InChI is InChI=1S/C11H18N.NO3/c1-4-12(2,3)10-11-8-6-5-7-9-11;2-1(3)4/h5-9H,4,10H2,1-3H3;/q+1;-1. The van der Waals surface area contributed by atoms with Gasteiger partial charge in [-0.3, -0.25) is 0 Å². The fourth-order valence-corrected chi connectivity index (χ4v) is 1.19. The fourth-order valence-electron chi connectivity index (χ4n) is 1.19. The minimum Gasteiger partial charge on any atom is -0.356 e. The molecule has 0 fully saturated rings. The van der Waals surface area contributed by atoms with Crippen LogP contribution < -0.4 is 0 Å². The Balaban J connectivity index is 0.000000487. The molecule has 0 aliphatic heterocycles. The lowest BCUT2D eigenvalue weighted by molar-refractivity contribution is -0.901. The summed E-state index contributed by atoms with van der Waals surface area (Å²) in [6, 6.07) is 10.6. The maximum absolute atomic E-state index is 8.25. The maximum Gasteiger partial charge on any atom is 0.104 e. The lowest BCUT2D eigenvalue weighted by atomic mass is 10.2. The van der Waals surface area contributed by atoms with E-state index in [2.05, 4.69) is 51.4 Å². The molecule has 1 aromatic carbocycles. The van der Waals surface area contributed by atoms with Crippen LogP contribution in [0.1, 0.15) is 12.5 Å². The van der Waals surface area contributed by atoms with Crippen molar-refractivity contribution in [1.29, 1.82) is 0 Å². The predicted octanol–water partition coefficient (Wildman–Crippen LogP) is 2.04. The van der Waals surface area contributed by atoms with Gasteiger partial charge in [-0.15, -0.1) is 0 Å². The van der Waals surface area contributed by atoms with E-state index in [0.29, 0.717) is 0 Å².